The SMILES string of the molecule is CC1(CNc2ccc(S(N)(=O)=O)cn2)CCCNC1. The molecular weight excluding hydrogens is 264 g/mol. The summed E-state index contributed by atoms with van der Waals surface area (Å²) in [5.41, 5.74) is 0.207. The number of piperidine rings is 1. The fourth-order valence-corrected chi connectivity index (χ4v) is 2.68. The quantitative estimate of drug-likeness (QED) is 0.749. The van der Waals surface area contributed by atoms with Crippen LogP contribution in [0.5, 0.6) is 0 Å². The third-order valence-corrected chi connectivity index (χ3v) is 4.35. The highest BCUT2D eigenvalue weighted by Crippen LogP contribution is 2.25. The molecule has 1 unspecified atom stereocenters. The maximum absolute atomic E-state index is 11.1. The minimum Gasteiger partial charge on any atom is -0.369 e. The van der Waals surface area contributed by atoms with Crippen molar-refractivity contribution >= 4 is 15.8 Å². The van der Waals surface area contributed by atoms with E-state index in [9.17, 15) is 8.42 Å². The number of primary sulfonamides is 1. The van der Waals surface area contributed by atoms with E-state index in [-0.39, 0.29) is 10.3 Å². The van der Waals surface area contributed by atoms with Crippen LogP contribution in [0.2, 0.25) is 0 Å². The lowest BCUT2D eigenvalue weighted by Gasteiger charge is -2.34. The van der Waals surface area contributed by atoms with Crippen LogP contribution in [0.3, 0.4) is 0 Å². The molecule has 4 N–H and O–H groups in total. The molecular formula is C12H20N4O2S. The Balaban J connectivity index is 1.96. The summed E-state index contributed by atoms with van der Waals surface area (Å²) >= 11 is 0. The van der Waals surface area contributed by atoms with Gasteiger partial charge in [-0.15, -0.1) is 0 Å². The number of nitrogens with two attached hydrogens (primary N) is 1. The molecule has 1 aliphatic rings. The molecule has 1 fully saturated rings. The predicted molar refractivity (Wildman–Crippen MR) is 74.3 cm³/mol. The Morgan fingerprint density at radius 3 is 2.84 bits per heavy atom. The molecule has 0 saturated carbocycles. The molecule has 19 heavy (non-hydrogen) atoms. The summed E-state index contributed by atoms with van der Waals surface area (Å²) in [6, 6.07) is 3.10. The van der Waals surface area contributed by atoms with Gasteiger partial charge < -0.3 is 10.6 Å². The summed E-state index contributed by atoms with van der Waals surface area (Å²) in [6.45, 7) is 5.10. The molecule has 1 atom stereocenters. The number of nitrogens with zero attached hydrogens (tertiary/aromatic N) is 1. The number of anilines is 1. The fraction of sp³-hybridized carbons (Fsp3) is 0.583. The Morgan fingerprint density at radius 1 is 1.53 bits per heavy atom. The van der Waals surface area contributed by atoms with Gasteiger partial charge in [-0.2, -0.15) is 0 Å². The normalized spacial score (nSPS) is 24.1. The Labute approximate surface area is 113 Å². The van der Waals surface area contributed by atoms with E-state index < -0.39 is 10.0 Å². The van der Waals surface area contributed by atoms with Crippen LogP contribution < -0.4 is 15.8 Å². The van der Waals surface area contributed by atoms with Gasteiger partial charge >= 0.3 is 0 Å². The van der Waals surface area contributed by atoms with Crippen molar-refractivity contribution in [1.29, 1.82) is 0 Å². The highest BCUT2D eigenvalue weighted by Gasteiger charge is 2.26. The largest absolute Gasteiger partial charge is 0.369 e. The second-order valence-electron chi connectivity index (χ2n) is 5.37. The molecule has 0 aliphatic carbocycles. The molecule has 1 saturated heterocycles. The Hall–Kier alpha value is -1.18. The molecule has 6 nitrogen and oxygen atoms in total. The maximum Gasteiger partial charge on any atom is 0.239 e. The summed E-state index contributed by atoms with van der Waals surface area (Å²) < 4.78 is 22.2. The molecule has 2 rings (SSSR count). The molecule has 0 spiro atoms. The van der Waals surface area contributed by atoms with Gasteiger partial charge in [0.25, 0.3) is 0 Å². The summed E-state index contributed by atoms with van der Waals surface area (Å²) in [5.74, 6) is 0.666. The van der Waals surface area contributed by atoms with Crippen molar-refractivity contribution in [3.05, 3.63) is 18.3 Å². The van der Waals surface area contributed by atoms with E-state index in [0.29, 0.717) is 5.82 Å². The number of rotatable bonds is 4. The van der Waals surface area contributed by atoms with Gasteiger partial charge in [-0.3, -0.25) is 0 Å². The van der Waals surface area contributed by atoms with Crippen LogP contribution in [0, 0.1) is 5.41 Å². The lowest BCUT2D eigenvalue weighted by atomic mass is 9.83. The van der Waals surface area contributed by atoms with Crippen LogP contribution in [0.1, 0.15) is 19.8 Å². The maximum atomic E-state index is 11.1. The minimum absolute atomic E-state index is 0.0311. The zero-order valence-corrected chi connectivity index (χ0v) is 11.8. The van der Waals surface area contributed by atoms with E-state index >= 15 is 0 Å². The van der Waals surface area contributed by atoms with Crippen molar-refractivity contribution in [2.75, 3.05) is 25.0 Å². The van der Waals surface area contributed by atoms with E-state index in [1.54, 1.807) is 6.07 Å². The zero-order valence-electron chi connectivity index (χ0n) is 11.0. The van der Waals surface area contributed by atoms with Gasteiger partial charge in [0.2, 0.25) is 10.0 Å². The van der Waals surface area contributed by atoms with E-state index in [1.165, 1.54) is 25.1 Å². The van der Waals surface area contributed by atoms with Gasteiger partial charge in [0.05, 0.1) is 0 Å². The van der Waals surface area contributed by atoms with Crippen molar-refractivity contribution in [3.8, 4) is 0 Å². The third kappa shape index (κ3) is 3.89. The minimum atomic E-state index is -3.67. The van der Waals surface area contributed by atoms with Gasteiger partial charge in [-0.1, -0.05) is 6.92 Å². The smallest absolute Gasteiger partial charge is 0.239 e. The first kappa shape index (κ1) is 14.2. The first-order valence-electron chi connectivity index (χ1n) is 6.33. The second-order valence-corrected chi connectivity index (χ2v) is 6.93. The van der Waals surface area contributed by atoms with Crippen molar-refractivity contribution in [2.45, 2.75) is 24.7 Å². The number of pyridine rings is 1. The molecule has 0 amide bonds. The molecule has 1 aromatic rings. The highest BCUT2D eigenvalue weighted by molar-refractivity contribution is 7.89. The second kappa shape index (κ2) is 5.44. The van der Waals surface area contributed by atoms with Gasteiger partial charge in [0.1, 0.15) is 10.7 Å². The van der Waals surface area contributed by atoms with Gasteiger partial charge in [0, 0.05) is 19.3 Å². The van der Waals surface area contributed by atoms with E-state index in [4.69, 9.17) is 5.14 Å². The Morgan fingerprint density at radius 2 is 2.32 bits per heavy atom. The number of nitrogens with one attached hydrogen (secondary N) is 2. The average Bonchev–Trinajstić information content (AvgIpc) is 2.37. The van der Waals surface area contributed by atoms with E-state index in [0.717, 1.165) is 19.6 Å². The van der Waals surface area contributed by atoms with Crippen molar-refractivity contribution in [3.63, 3.8) is 0 Å². The molecule has 7 heteroatoms. The van der Waals surface area contributed by atoms with Crippen LogP contribution in [0.25, 0.3) is 0 Å². The van der Waals surface area contributed by atoms with Crippen LogP contribution in [-0.2, 0) is 10.0 Å². The van der Waals surface area contributed by atoms with Gasteiger partial charge in [-0.25, -0.2) is 18.5 Å². The first-order chi connectivity index (χ1) is 8.89. The van der Waals surface area contributed by atoms with Crippen molar-refractivity contribution < 1.29 is 8.42 Å². The monoisotopic (exact) mass is 284 g/mol. The Kier molecular flexibility index (Phi) is 4.07. The standard InChI is InChI=1S/C12H20N4O2S/c1-12(5-2-6-14-8-12)9-16-11-4-3-10(7-15-11)19(13,17)18/h3-4,7,14H,2,5-6,8-9H2,1H3,(H,15,16)(H2,13,17,18). The summed E-state index contributed by atoms with van der Waals surface area (Å²) in [5, 5.41) is 11.7. The predicted octanol–water partition coefficient (Wildman–Crippen LogP) is 0.531. The van der Waals surface area contributed by atoms with Gasteiger partial charge in [0.15, 0.2) is 0 Å². The Bertz CT molecular complexity index is 521. The summed E-state index contributed by atoms with van der Waals surface area (Å²) in [4.78, 5) is 4.10. The lowest BCUT2D eigenvalue weighted by Crippen LogP contribution is -2.42. The molecule has 1 aromatic heterocycles. The summed E-state index contributed by atoms with van der Waals surface area (Å²) in [6.07, 6.45) is 3.62. The molecule has 2 heterocycles. The third-order valence-electron chi connectivity index (χ3n) is 3.45. The van der Waals surface area contributed by atoms with Crippen LogP contribution in [0.4, 0.5) is 5.82 Å². The van der Waals surface area contributed by atoms with E-state index in [2.05, 4.69) is 22.5 Å². The molecule has 0 radical (unpaired) electrons. The van der Waals surface area contributed by atoms with Crippen molar-refractivity contribution in [1.82, 2.24) is 10.3 Å². The number of sulfonamides is 1. The first-order valence-corrected chi connectivity index (χ1v) is 7.87. The topological polar surface area (TPSA) is 97.1 Å². The average molecular weight is 284 g/mol. The lowest BCUT2D eigenvalue weighted by molar-refractivity contribution is 0.253. The zero-order chi connectivity index (χ0) is 13.9. The number of aromatic nitrogens is 1. The number of hydrogen-bond acceptors (Lipinski definition) is 5. The van der Waals surface area contributed by atoms with Gasteiger partial charge in [-0.05, 0) is 36.9 Å². The van der Waals surface area contributed by atoms with Crippen LogP contribution in [0.15, 0.2) is 23.2 Å². The van der Waals surface area contributed by atoms with Crippen molar-refractivity contribution in [2.24, 2.45) is 10.6 Å². The number of hydrogen-bond donors (Lipinski definition) is 3. The summed E-state index contributed by atoms with van der Waals surface area (Å²) in [7, 11) is -3.67. The fourth-order valence-electron chi connectivity index (χ4n) is 2.23. The highest BCUT2D eigenvalue weighted by atomic mass is 32.2. The van der Waals surface area contributed by atoms with Crippen LogP contribution >= 0.6 is 0 Å². The molecule has 106 valence electrons. The molecule has 0 bridgehead atoms. The van der Waals surface area contributed by atoms with Crippen LogP contribution in [-0.4, -0.2) is 33.0 Å². The molecule has 0 aromatic carbocycles. The molecule has 1 aliphatic heterocycles. The van der Waals surface area contributed by atoms with E-state index in [1.807, 2.05) is 0 Å².